The molecule has 0 spiro atoms. The van der Waals surface area contributed by atoms with Crippen LogP contribution >= 0.6 is 37.2 Å². The van der Waals surface area contributed by atoms with E-state index in [0.717, 1.165) is 44.7 Å². The Hall–Kier alpha value is -13.1. The summed E-state index contributed by atoms with van der Waals surface area (Å²) in [5.74, 6) is 2.73. The SMILES string of the molecule is CC.CC.CC.CC.CC.CC.CC.CC.COc1cccc(/C=C/c2oc3ccccc3c(=O)c2-c2ccccc2)c1C.COc1cccc(/C=C/c2oc3ccccc3c(=O)c2-c2ccccc2)c1O.Cc1cccc(/C=C/c2oc3ccccc3c(=O)c2-c2ccccc2)c1C.II.O=c1c(-c2ccccc2)c(/C=C/c2cccc(O)c2O)oc2ccccc12.[H+]. The van der Waals surface area contributed by atoms with E-state index in [-0.39, 0.29) is 40.4 Å². The summed E-state index contributed by atoms with van der Waals surface area (Å²) < 4.78 is 34.8. The predicted octanol–water partition coefficient (Wildman–Crippen LogP) is 32.7. The molecule has 666 valence electrons. The van der Waals surface area contributed by atoms with E-state index in [4.69, 9.17) is 27.1 Å². The van der Waals surface area contributed by atoms with Crippen molar-refractivity contribution in [1.82, 2.24) is 0 Å². The monoisotopic (exact) mass is 1940 g/mol. The number of para-hydroxylation sites is 6. The highest BCUT2D eigenvalue weighted by Gasteiger charge is 2.20. The minimum Gasteiger partial charge on any atom is -0.504 e. The number of fused-ring (bicyclic) bond motifs is 4. The number of halogens is 2. The number of methoxy groups -OCH3 is 2. The lowest BCUT2D eigenvalue weighted by molar-refractivity contribution is 0.373. The molecular weight excluding hydrogens is 1820 g/mol. The number of ether oxygens (including phenoxy) is 2. The minimum atomic E-state index is -0.224. The highest BCUT2D eigenvalue weighted by molar-refractivity contribution is 15.0. The Balaban J connectivity index is 0.000000417. The maximum Gasteiger partial charge on any atom is 1.00 e. The molecule has 0 fully saturated rings. The second-order valence-electron chi connectivity index (χ2n) is 25.5. The van der Waals surface area contributed by atoms with Gasteiger partial charge in [0.15, 0.2) is 23.0 Å². The summed E-state index contributed by atoms with van der Waals surface area (Å²) in [6.07, 6.45) is 14.4. The van der Waals surface area contributed by atoms with Crippen LogP contribution in [0.15, 0.2) is 328 Å². The molecule has 0 amide bonds. The molecule has 0 saturated heterocycles. The zero-order valence-corrected chi connectivity index (χ0v) is 81.8. The maximum atomic E-state index is 13.2. The first kappa shape index (κ1) is 107. The summed E-state index contributed by atoms with van der Waals surface area (Å²) in [7, 11) is 3.16. The maximum absolute atomic E-state index is 13.2. The van der Waals surface area contributed by atoms with Gasteiger partial charge in [-0.3, -0.25) is 19.2 Å². The van der Waals surface area contributed by atoms with Crippen molar-refractivity contribution >= 4 is 130 Å². The van der Waals surface area contributed by atoms with Gasteiger partial charge in [0.2, 0.25) is 21.7 Å². The number of hydrogen-bond acceptors (Lipinski definition) is 13. The van der Waals surface area contributed by atoms with E-state index >= 15 is 0 Å². The summed E-state index contributed by atoms with van der Waals surface area (Å²) in [4.78, 5) is 52.7. The van der Waals surface area contributed by atoms with Gasteiger partial charge in [-0.15, -0.1) is 0 Å². The Morgan fingerprint density at radius 2 is 0.492 bits per heavy atom. The van der Waals surface area contributed by atoms with Crippen LogP contribution in [-0.2, 0) is 0 Å². The third-order valence-electron chi connectivity index (χ3n) is 18.7. The van der Waals surface area contributed by atoms with Crippen molar-refractivity contribution < 1.29 is 43.9 Å². The largest absolute Gasteiger partial charge is 1.00 e. The molecule has 0 saturated carbocycles. The van der Waals surface area contributed by atoms with Crippen LogP contribution < -0.4 is 31.2 Å². The van der Waals surface area contributed by atoms with Crippen LogP contribution in [0.4, 0.5) is 0 Å². The van der Waals surface area contributed by atoms with E-state index in [0.29, 0.717) is 106 Å². The molecular formula is C113H123I2O13+. The first-order valence-corrected chi connectivity index (χ1v) is 49.8. The van der Waals surface area contributed by atoms with Gasteiger partial charge in [0.25, 0.3) is 0 Å². The molecule has 4 heterocycles. The van der Waals surface area contributed by atoms with Crippen molar-refractivity contribution in [2.75, 3.05) is 14.2 Å². The number of benzene rings is 12. The Kier molecular flexibility index (Phi) is 49.4. The Morgan fingerprint density at radius 3 is 0.789 bits per heavy atom. The third-order valence-corrected chi connectivity index (χ3v) is 18.7. The van der Waals surface area contributed by atoms with Crippen LogP contribution in [0, 0.1) is 20.8 Å². The number of aromatic hydroxyl groups is 3. The summed E-state index contributed by atoms with van der Waals surface area (Å²) in [6.45, 7) is 38.2. The van der Waals surface area contributed by atoms with Crippen LogP contribution in [-0.4, -0.2) is 29.5 Å². The Labute approximate surface area is 780 Å². The van der Waals surface area contributed by atoms with E-state index in [1.54, 1.807) is 98.1 Å². The van der Waals surface area contributed by atoms with Crippen LogP contribution in [0.5, 0.6) is 28.7 Å². The van der Waals surface area contributed by atoms with Crippen LogP contribution in [0.3, 0.4) is 0 Å². The average Bonchev–Trinajstić information content (AvgIpc) is 0.789. The van der Waals surface area contributed by atoms with Crippen molar-refractivity contribution in [3.63, 3.8) is 0 Å². The molecule has 0 aliphatic carbocycles. The van der Waals surface area contributed by atoms with Crippen molar-refractivity contribution in [2.45, 2.75) is 132 Å². The molecule has 0 aliphatic heterocycles. The summed E-state index contributed by atoms with van der Waals surface area (Å²) >= 11 is 4.24. The lowest BCUT2D eigenvalue weighted by Gasteiger charge is -2.09. The quantitative estimate of drug-likeness (QED) is 0.0687. The second-order valence-corrected chi connectivity index (χ2v) is 25.5. The van der Waals surface area contributed by atoms with Gasteiger partial charge < -0.3 is 42.5 Å². The van der Waals surface area contributed by atoms with Crippen molar-refractivity contribution in [3.05, 3.63) is 394 Å². The third kappa shape index (κ3) is 28.5. The fourth-order valence-corrected chi connectivity index (χ4v) is 12.8. The number of hydrogen-bond donors (Lipinski definition) is 3. The van der Waals surface area contributed by atoms with Gasteiger partial charge in [0.1, 0.15) is 51.1 Å². The van der Waals surface area contributed by atoms with Crippen molar-refractivity contribution in [3.8, 4) is 73.3 Å². The Morgan fingerprint density at radius 1 is 0.258 bits per heavy atom. The number of phenols is 3. The molecule has 16 aromatic rings. The molecule has 4 aromatic heterocycles. The van der Waals surface area contributed by atoms with E-state index in [2.05, 4.69) is 63.2 Å². The highest BCUT2D eigenvalue weighted by atomic mass is 128. The fourth-order valence-electron chi connectivity index (χ4n) is 12.8. The number of phenolic OH excluding ortho intramolecular Hbond substituents is 3. The first-order valence-electron chi connectivity index (χ1n) is 43.6. The van der Waals surface area contributed by atoms with Gasteiger partial charge in [0.05, 0.1) is 58.0 Å². The summed E-state index contributed by atoms with van der Waals surface area (Å²) in [6, 6.07) is 89.0. The van der Waals surface area contributed by atoms with Gasteiger partial charge in [-0.1, -0.05) is 347 Å². The van der Waals surface area contributed by atoms with Gasteiger partial charge in [0, 0.05) is 48.4 Å². The fraction of sp³-hybridized carbons (Fsp3) is 0.186. The molecule has 3 N–H and O–H groups in total. The smallest absolute Gasteiger partial charge is 0.504 e. The Bertz CT molecular complexity index is 6040. The molecule has 0 bridgehead atoms. The van der Waals surface area contributed by atoms with E-state index in [1.165, 1.54) is 24.3 Å². The molecule has 16 rings (SSSR count). The summed E-state index contributed by atoms with van der Waals surface area (Å²) in [5.41, 5.74) is 13.8. The standard InChI is InChI=1S/C25H20O3.C25H20O2.C24H18O4.C23H16O4.8C2H6.I2/c1-17-18(11-8-14-21(17)27-2)15-16-23-24(19-9-4-3-5-10-19)25(26)20-12-6-7-13-22(20)28-23;1-17-9-8-12-19(18(17)2)15-16-23-24(20-10-4-3-5-11-20)25(26)21-13-6-7-14-22(21)27-23;1-27-21-13-7-10-17(23(21)25)14-15-20-22(16-8-3-2-4-9-16)24(26)18-11-5-6-12-19(18)28-20;24-18-11-6-9-16(22(18)25)13-14-20-21(15-7-2-1-3-8-15)23(26)17-10-4-5-12-19(17)27-20;9*1-2/h3-16H,1-2H3;3-16H,1-2H3;2-15,25H,1H3;1-14,24-25H;8*1-2H3;/p+1/b2*16-15+;15-14+;14-13+;;;;;;;;;. The summed E-state index contributed by atoms with van der Waals surface area (Å²) in [5, 5.41) is 32.2. The molecule has 0 unspecified atom stereocenters. The molecule has 0 aliphatic rings. The van der Waals surface area contributed by atoms with Crippen LogP contribution in [0.25, 0.3) is 137 Å². The van der Waals surface area contributed by atoms with E-state index in [9.17, 15) is 34.5 Å². The van der Waals surface area contributed by atoms with Crippen LogP contribution in [0.2, 0.25) is 0 Å². The molecule has 128 heavy (non-hydrogen) atoms. The van der Waals surface area contributed by atoms with E-state index < -0.39 is 0 Å². The molecule has 12 aromatic carbocycles. The second kappa shape index (κ2) is 59.0. The van der Waals surface area contributed by atoms with E-state index in [1.807, 2.05) is 348 Å². The molecule has 13 nitrogen and oxygen atoms in total. The lowest BCUT2D eigenvalue weighted by Crippen LogP contribution is -2.07. The molecule has 15 heteroatoms. The lowest BCUT2D eigenvalue weighted by atomic mass is 10.00. The zero-order chi connectivity index (χ0) is 94.6. The molecule has 0 radical (unpaired) electrons. The van der Waals surface area contributed by atoms with Gasteiger partial charge in [-0.2, -0.15) is 0 Å². The van der Waals surface area contributed by atoms with Crippen molar-refractivity contribution in [1.29, 1.82) is 0 Å². The van der Waals surface area contributed by atoms with Gasteiger partial charge in [-0.25, -0.2) is 0 Å². The van der Waals surface area contributed by atoms with Gasteiger partial charge in [-0.05, 0) is 174 Å². The highest BCUT2D eigenvalue weighted by Crippen LogP contribution is 2.36. The normalized spacial score (nSPS) is 10.1. The average molecular weight is 1940 g/mol. The number of aryl methyl sites for hydroxylation is 1. The minimum absolute atomic E-state index is 0. The van der Waals surface area contributed by atoms with Crippen LogP contribution in [0.1, 0.15) is 174 Å². The predicted molar refractivity (Wildman–Crippen MR) is 565 cm³/mol. The zero-order valence-electron chi connectivity index (χ0n) is 78.5. The number of rotatable bonds is 14. The molecule has 0 atom stereocenters. The van der Waals surface area contributed by atoms with Gasteiger partial charge >= 0.3 is 1.43 Å². The van der Waals surface area contributed by atoms with Crippen molar-refractivity contribution in [2.24, 2.45) is 0 Å². The first-order chi connectivity index (χ1) is 62.7. The topological polar surface area (TPSA) is 200 Å².